The number of nitrogens with zero attached hydrogens (tertiary/aromatic N) is 2. The van der Waals surface area contributed by atoms with Crippen molar-refractivity contribution >= 4 is 29.9 Å². The van der Waals surface area contributed by atoms with E-state index in [1.165, 1.54) is 23.1 Å². The molecule has 0 radical (unpaired) electrons. The molecule has 0 aliphatic carbocycles. The predicted octanol–water partition coefficient (Wildman–Crippen LogP) is 5.30. The minimum atomic E-state index is 0. The molecule has 2 aromatic carbocycles. The van der Waals surface area contributed by atoms with E-state index in [9.17, 15) is 0 Å². The van der Waals surface area contributed by atoms with Gasteiger partial charge in [0.05, 0.1) is 6.10 Å². The Morgan fingerprint density at radius 1 is 1.09 bits per heavy atom. The molecule has 4 atom stereocenters. The monoisotopic (exact) mass is 576 g/mol. The SMILES string of the molecule is CN=C(NCC1CCCOC1c1ccc(C)cc1)NC1CCN(Cc2ccccc2)C(C)C1.I. The number of benzene rings is 2. The standard InChI is InChI=1S/C28H40N4O.HI/c1-21-11-13-24(14-12-21)27-25(10-7-17-33-27)19-30-28(29-3)31-26-15-16-32(22(2)18-26)20-23-8-5-4-6-9-23;/h4-6,8-9,11-14,22,25-27H,7,10,15-20H2,1-3H3,(H2,29,30,31);1H. The molecular formula is C28H41IN4O. The number of hydrogen-bond donors (Lipinski definition) is 2. The topological polar surface area (TPSA) is 48.9 Å². The number of piperidine rings is 1. The van der Waals surface area contributed by atoms with Gasteiger partial charge in [-0.2, -0.15) is 0 Å². The summed E-state index contributed by atoms with van der Waals surface area (Å²) in [5, 5.41) is 7.30. The van der Waals surface area contributed by atoms with Crippen LogP contribution in [0.15, 0.2) is 59.6 Å². The van der Waals surface area contributed by atoms with E-state index >= 15 is 0 Å². The highest BCUT2D eigenvalue weighted by molar-refractivity contribution is 14.0. The summed E-state index contributed by atoms with van der Waals surface area (Å²) in [7, 11) is 1.87. The van der Waals surface area contributed by atoms with Crippen LogP contribution in [0.3, 0.4) is 0 Å². The summed E-state index contributed by atoms with van der Waals surface area (Å²) in [5.74, 6) is 1.36. The Labute approximate surface area is 222 Å². The normalized spacial score (nSPS) is 25.9. The first-order chi connectivity index (χ1) is 16.1. The molecule has 2 aliphatic rings. The first kappa shape index (κ1) is 27.0. The first-order valence-electron chi connectivity index (χ1n) is 12.6. The minimum absolute atomic E-state index is 0. The first-order valence-corrected chi connectivity index (χ1v) is 12.6. The van der Waals surface area contributed by atoms with E-state index in [1.54, 1.807) is 0 Å². The molecule has 0 aromatic heterocycles. The van der Waals surface area contributed by atoms with E-state index < -0.39 is 0 Å². The zero-order valence-electron chi connectivity index (χ0n) is 20.9. The molecule has 2 aromatic rings. The average Bonchev–Trinajstić information content (AvgIpc) is 2.85. The molecule has 34 heavy (non-hydrogen) atoms. The van der Waals surface area contributed by atoms with Crippen LogP contribution in [-0.2, 0) is 11.3 Å². The fraction of sp³-hybridized carbons (Fsp3) is 0.536. The van der Waals surface area contributed by atoms with Gasteiger partial charge < -0.3 is 15.4 Å². The van der Waals surface area contributed by atoms with Crippen molar-refractivity contribution in [1.29, 1.82) is 0 Å². The highest BCUT2D eigenvalue weighted by Gasteiger charge is 2.29. The van der Waals surface area contributed by atoms with Gasteiger partial charge in [-0.15, -0.1) is 24.0 Å². The van der Waals surface area contributed by atoms with Gasteiger partial charge in [0.1, 0.15) is 0 Å². The minimum Gasteiger partial charge on any atom is -0.373 e. The summed E-state index contributed by atoms with van der Waals surface area (Å²) in [6, 6.07) is 20.6. The van der Waals surface area contributed by atoms with Gasteiger partial charge in [-0.3, -0.25) is 9.89 Å². The molecule has 4 unspecified atom stereocenters. The number of halogens is 1. The van der Waals surface area contributed by atoms with Gasteiger partial charge in [0.2, 0.25) is 0 Å². The zero-order chi connectivity index (χ0) is 23.0. The molecule has 4 rings (SSSR count). The van der Waals surface area contributed by atoms with Crippen LogP contribution in [0.25, 0.3) is 0 Å². The van der Waals surface area contributed by atoms with Crippen molar-refractivity contribution in [3.8, 4) is 0 Å². The molecule has 0 amide bonds. The lowest BCUT2D eigenvalue weighted by Crippen LogP contribution is -2.52. The third-order valence-corrected chi connectivity index (χ3v) is 7.19. The predicted molar refractivity (Wildman–Crippen MR) is 152 cm³/mol. The number of aliphatic imine (C=N–C) groups is 1. The maximum Gasteiger partial charge on any atom is 0.191 e. The second kappa shape index (κ2) is 13.4. The van der Waals surface area contributed by atoms with E-state index in [1.807, 2.05) is 7.05 Å². The van der Waals surface area contributed by atoms with E-state index in [2.05, 4.69) is 89.0 Å². The van der Waals surface area contributed by atoms with Gasteiger partial charge in [-0.1, -0.05) is 60.2 Å². The fourth-order valence-corrected chi connectivity index (χ4v) is 5.20. The summed E-state index contributed by atoms with van der Waals surface area (Å²) in [5.41, 5.74) is 3.97. The van der Waals surface area contributed by atoms with Crippen LogP contribution in [0.5, 0.6) is 0 Å². The Kier molecular flexibility index (Phi) is 10.7. The Bertz CT molecular complexity index is 889. The molecule has 2 N–H and O–H groups in total. The molecule has 186 valence electrons. The van der Waals surface area contributed by atoms with Gasteiger partial charge >= 0.3 is 0 Å². The van der Waals surface area contributed by atoms with Crippen molar-refractivity contribution in [1.82, 2.24) is 15.5 Å². The number of aryl methyl sites for hydroxylation is 1. The van der Waals surface area contributed by atoms with Gasteiger partial charge in [0, 0.05) is 51.3 Å². The van der Waals surface area contributed by atoms with E-state index in [4.69, 9.17) is 4.74 Å². The molecule has 2 fully saturated rings. The van der Waals surface area contributed by atoms with Crippen LogP contribution in [0, 0.1) is 12.8 Å². The van der Waals surface area contributed by atoms with Crippen molar-refractivity contribution in [3.63, 3.8) is 0 Å². The molecule has 5 nitrogen and oxygen atoms in total. The molecule has 0 spiro atoms. The van der Waals surface area contributed by atoms with Gasteiger partial charge in [-0.05, 0) is 50.7 Å². The number of nitrogens with one attached hydrogen (secondary N) is 2. The smallest absolute Gasteiger partial charge is 0.191 e. The van der Waals surface area contributed by atoms with Crippen LogP contribution in [0.1, 0.15) is 55.4 Å². The lowest BCUT2D eigenvalue weighted by Gasteiger charge is -2.38. The number of likely N-dealkylation sites (tertiary alicyclic amines) is 1. The fourth-order valence-electron chi connectivity index (χ4n) is 5.20. The van der Waals surface area contributed by atoms with Crippen LogP contribution >= 0.6 is 24.0 Å². The molecule has 2 saturated heterocycles. The summed E-state index contributed by atoms with van der Waals surface area (Å²) in [6.07, 6.45) is 4.73. The summed E-state index contributed by atoms with van der Waals surface area (Å²) >= 11 is 0. The van der Waals surface area contributed by atoms with Crippen molar-refractivity contribution in [2.24, 2.45) is 10.9 Å². The largest absolute Gasteiger partial charge is 0.373 e. The molecule has 6 heteroatoms. The van der Waals surface area contributed by atoms with Crippen molar-refractivity contribution in [2.75, 3.05) is 26.7 Å². The Morgan fingerprint density at radius 2 is 1.85 bits per heavy atom. The lowest BCUT2D eigenvalue weighted by molar-refractivity contribution is -0.0265. The molecule has 0 saturated carbocycles. The number of guanidine groups is 1. The number of ether oxygens (including phenoxy) is 1. The van der Waals surface area contributed by atoms with E-state index in [-0.39, 0.29) is 30.1 Å². The maximum atomic E-state index is 6.20. The number of rotatable bonds is 6. The van der Waals surface area contributed by atoms with Crippen molar-refractivity contribution < 1.29 is 4.74 Å². The summed E-state index contributed by atoms with van der Waals surface area (Å²) in [4.78, 5) is 7.12. The van der Waals surface area contributed by atoms with Gasteiger partial charge in [-0.25, -0.2) is 0 Å². The zero-order valence-corrected chi connectivity index (χ0v) is 23.2. The summed E-state index contributed by atoms with van der Waals surface area (Å²) in [6.45, 7) is 8.34. The van der Waals surface area contributed by atoms with E-state index in [0.29, 0.717) is 18.0 Å². The van der Waals surface area contributed by atoms with Crippen LogP contribution in [0.4, 0.5) is 0 Å². The van der Waals surface area contributed by atoms with Crippen LogP contribution in [0.2, 0.25) is 0 Å². The third-order valence-electron chi connectivity index (χ3n) is 7.19. The molecule has 0 bridgehead atoms. The molecular weight excluding hydrogens is 535 g/mol. The molecule has 2 heterocycles. The Morgan fingerprint density at radius 3 is 2.56 bits per heavy atom. The lowest BCUT2D eigenvalue weighted by atomic mass is 9.89. The quantitative estimate of drug-likeness (QED) is 0.279. The Balaban J connectivity index is 0.00000324. The Hall–Kier alpha value is -1.64. The summed E-state index contributed by atoms with van der Waals surface area (Å²) < 4.78 is 6.20. The highest BCUT2D eigenvalue weighted by Crippen LogP contribution is 2.33. The average molecular weight is 577 g/mol. The third kappa shape index (κ3) is 7.43. The van der Waals surface area contributed by atoms with E-state index in [0.717, 1.165) is 51.5 Å². The van der Waals surface area contributed by atoms with Gasteiger partial charge in [0.25, 0.3) is 0 Å². The van der Waals surface area contributed by atoms with Crippen LogP contribution < -0.4 is 10.6 Å². The molecule has 2 aliphatic heterocycles. The second-order valence-electron chi connectivity index (χ2n) is 9.73. The van der Waals surface area contributed by atoms with Gasteiger partial charge in [0.15, 0.2) is 5.96 Å². The number of hydrogen-bond acceptors (Lipinski definition) is 3. The maximum absolute atomic E-state index is 6.20. The van der Waals surface area contributed by atoms with Crippen molar-refractivity contribution in [2.45, 2.75) is 64.3 Å². The van der Waals surface area contributed by atoms with Crippen molar-refractivity contribution in [3.05, 3.63) is 71.3 Å². The van der Waals surface area contributed by atoms with Crippen LogP contribution in [-0.4, -0.2) is 49.7 Å². The second-order valence-corrected chi connectivity index (χ2v) is 9.73. The highest BCUT2D eigenvalue weighted by atomic mass is 127.